The average Bonchev–Trinajstić information content (AvgIpc) is 2.43. The summed E-state index contributed by atoms with van der Waals surface area (Å²) < 4.78 is 0. The summed E-state index contributed by atoms with van der Waals surface area (Å²) in [4.78, 5) is 2.45. The third kappa shape index (κ3) is 2.43. The van der Waals surface area contributed by atoms with Crippen LogP contribution < -0.4 is 10.2 Å². The lowest BCUT2D eigenvalue weighted by molar-refractivity contribution is 0.786. The van der Waals surface area contributed by atoms with E-state index in [4.69, 9.17) is 0 Å². The van der Waals surface area contributed by atoms with Crippen LogP contribution in [0.1, 0.15) is 16.7 Å². The number of fused-ring (bicyclic) bond motifs is 1. The summed E-state index contributed by atoms with van der Waals surface area (Å²) in [7, 11) is 0. The fourth-order valence-electron chi connectivity index (χ4n) is 2.63. The average molecular weight is 252 g/mol. The standard InChI is InChI=1S/C17H20N2/c1-13-7-8-15(11-14(13)2)12-19-10-9-18-16-5-3-4-6-17(16)19/h3-8,11,18H,9-10,12H2,1-2H3. The molecule has 0 bridgehead atoms. The van der Waals surface area contributed by atoms with Gasteiger partial charge in [-0.15, -0.1) is 0 Å². The van der Waals surface area contributed by atoms with E-state index in [-0.39, 0.29) is 0 Å². The highest BCUT2D eigenvalue weighted by atomic mass is 15.2. The Labute approximate surface area is 115 Å². The van der Waals surface area contributed by atoms with Crippen molar-refractivity contribution in [3.63, 3.8) is 0 Å². The molecule has 0 aliphatic carbocycles. The third-order valence-corrected chi connectivity index (χ3v) is 3.89. The van der Waals surface area contributed by atoms with Crippen LogP contribution in [0, 0.1) is 13.8 Å². The zero-order chi connectivity index (χ0) is 13.2. The first-order valence-electron chi connectivity index (χ1n) is 6.88. The lowest BCUT2D eigenvalue weighted by Gasteiger charge is -2.32. The molecule has 0 saturated carbocycles. The van der Waals surface area contributed by atoms with Crippen molar-refractivity contribution in [3.8, 4) is 0 Å². The molecule has 0 radical (unpaired) electrons. The van der Waals surface area contributed by atoms with E-state index in [0.29, 0.717) is 0 Å². The van der Waals surface area contributed by atoms with Gasteiger partial charge in [-0.05, 0) is 42.7 Å². The van der Waals surface area contributed by atoms with Gasteiger partial charge in [0.25, 0.3) is 0 Å². The SMILES string of the molecule is Cc1ccc(CN2CCNc3ccccc32)cc1C. The normalized spacial score (nSPS) is 13.9. The summed E-state index contributed by atoms with van der Waals surface area (Å²) in [6.45, 7) is 7.41. The molecular formula is C17H20N2. The summed E-state index contributed by atoms with van der Waals surface area (Å²) in [6, 6.07) is 15.3. The minimum atomic E-state index is 0.986. The second-order valence-electron chi connectivity index (χ2n) is 5.28. The zero-order valence-corrected chi connectivity index (χ0v) is 11.6. The largest absolute Gasteiger partial charge is 0.382 e. The molecule has 0 fully saturated rings. The molecule has 19 heavy (non-hydrogen) atoms. The summed E-state index contributed by atoms with van der Waals surface area (Å²) in [5.74, 6) is 0. The van der Waals surface area contributed by atoms with Gasteiger partial charge in [-0.25, -0.2) is 0 Å². The molecule has 2 nitrogen and oxygen atoms in total. The third-order valence-electron chi connectivity index (χ3n) is 3.89. The van der Waals surface area contributed by atoms with Gasteiger partial charge in [-0.1, -0.05) is 30.3 Å². The van der Waals surface area contributed by atoms with Crippen molar-refractivity contribution in [2.24, 2.45) is 0 Å². The maximum Gasteiger partial charge on any atom is 0.0605 e. The number of hydrogen-bond donors (Lipinski definition) is 1. The second kappa shape index (κ2) is 4.96. The summed E-state index contributed by atoms with van der Waals surface area (Å²) in [5.41, 5.74) is 6.69. The van der Waals surface area contributed by atoms with Crippen molar-refractivity contribution >= 4 is 11.4 Å². The molecule has 0 aromatic heterocycles. The minimum absolute atomic E-state index is 0.986. The van der Waals surface area contributed by atoms with Gasteiger partial charge in [0.05, 0.1) is 11.4 Å². The van der Waals surface area contributed by atoms with Gasteiger partial charge in [-0.3, -0.25) is 0 Å². The van der Waals surface area contributed by atoms with Crippen molar-refractivity contribution in [1.82, 2.24) is 0 Å². The number of benzene rings is 2. The number of aryl methyl sites for hydroxylation is 2. The maximum absolute atomic E-state index is 3.46. The lowest BCUT2D eigenvalue weighted by atomic mass is 10.1. The van der Waals surface area contributed by atoms with Gasteiger partial charge in [0.1, 0.15) is 0 Å². The zero-order valence-electron chi connectivity index (χ0n) is 11.6. The van der Waals surface area contributed by atoms with Crippen molar-refractivity contribution in [3.05, 3.63) is 59.2 Å². The molecule has 0 saturated heterocycles. The molecule has 0 unspecified atom stereocenters. The van der Waals surface area contributed by atoms with Crippen LogP contribution >= 0.6 is 0 Å². The Bertz CT molecular complexity index is 590. The molecule has 2 aromatic rings. The highest BCUT2D eigenvalue weighted by Crippen LogP contribution is 2.29. The van der Waals surface area contributed by atoms with Crippen LogP contribution in [-0.2, 0) is 6.54 Å². The highest BCUT2D eigenvalue weighted by molar-refractivity contribution is 5.71. The molecule has 3 rings (SSSR count). The van der Waals surface area contributed by atoms with Crippen LogP contribution in [0.3, 0.4) is 0 Å². The van der Waals surface area contributed by atoms with Crippen molar-refractivity contribution in [1.29, 1.82) is 0 Å². The monoisotopic (exact) mass is 252 g/mol. The summed E-state index contributed by atoms with van der Waals surface area (Å²) in [5, 5.41) is 3.46. The molecule has 1 aliphatic heterocycles. The Kier molecular flexibility index (Phi) is 3.16. The van der Waals surface area contributed by atoms with Gasteiger partial charge in [0.2, 0.25) is 0 Å². The molecule has 0 spiro atoms. The summed E-state index contributed by atoms with van der Waals surface area (Å²) >= 11 is 0. The van der Waals surface area contributed by atoms with E-state index in [1.54, 1.807) is 0 Å². The molecule has 0 atom stereocenters. The molecule has 0 amide bonds. The van der Waals surface area contributed by atoms with Crippen molar-refractivity contribution in [2.75, 3.05) is 23.3 Å². The van der Waals surface area contributed by atoms with E-state index in [0.717, 1.165) is 19.6 Å². The van der Waals surface area contributed by atoms with E-state index < -0.39 is 0 Å². The van der Waals surface area contributed by atoms with Gasteiger partial charge in [0.15, 0.2) is 0 Å². The Morgan fingerprint density at radius 3 is 2.74 bits per heavy atom. The summed E-state index contributed by atoms with van der Waals surface area (Å²) in [6.07, 6.45) is 0. The van der Waals surface area contributed by atoms with Crippen LogP contribution in [0.2, 0.25) is 0 Å². The first-order valence-corrected chi connectivity index (χ1v) is 6.88. The van der Waals surface area contributed by atoms with Gasteiger partial charge in [0, 0.05) is 19.6 Å². The fourth-order valence-corrected chi connectivity index (χ4v) is 2.63. The molecule has 1 N–H and O–H groups in total. The minimum Gasteiger partial charge on any atom is -0.382 e. The van der Waals surface area contributed by atoms with E-state index in [2.05, 4.69) is 66.5 Å². The molecule has 2 heteroatoms. The topological polar surface area (TPSA) is 15.3 Å². The predicted molar refractivity (Wildman–Crippen MR) is 81.9 cm³/mol. The van der Waals surface area contributed by atoms with Gasteiger partial charge < -0.3 is 10.2 Å². The first-order chi connectivity index (χ1) is 9.24. The molecule has 1 heterocycles. The van der Waals surface area contributed by atoms with Gasteiger partial charge >= 0.3 is 0 Å². The first kappa shape index (κ1) is 12.1. The number of rotatable bonds is 2. The van der Waals surface area contributed by atoms with Crippen LogP contribution in [0.15, 0.2) is 42.5 Å². The maximum atomic E-state index is 3.46. The molecule has 2 aromatic carbocycles. The van der Waals surface area contributed by atoms with Crippen LogP contribution in [0.5, 0.6) is 0 Å². The van der Waals surface area contributed by atoms with Gasteiger partial charge in [-0.2, -0.15) is 0 Å². The van der Waals surface area contributed by atoms with E-state index in [9.17, 15) is 0 Å². The van der Waals surface area contributed by atoms with E-state index >= 15 is 0 Å². The Morgan fingerprint density at radius 2 is 1.89 bits per heavy atom. The van der Waals surface area contributed by atoms with E-state index in [1.165, 1.54) is 28.1 Å². The number of anilines is 2. The number of para-hydroxylation sites is 2. The quantitative estimate of drug-likeness (QED) is 0.876. The van der Waals surface area contributed by atoms with Crippen LogP contribution in [-0.4, -0.2) is 13.1 Å². The van der Waals surface area contributed by atoms with Crippen molar-refractivity contribution < 1.29 is 0 Å². The number of nitrogens with zero attached hydrogens (tertiary/aromatic N) is 1. The number of nitrogens with one attached hydrogen (secondary N) is 1. The fraction of sp³-hybridized carbons (Fsp3) is 0.294. The van der Waals surface area contributed by atoms with Crippen LogP contribution in [0.25, 0.3) is 0 Å². The Morgan fingerprint density at radius 1 is 1.05 bits per heavy atom. The molecule has 1 aliphatic rings. The predicted octanol–water partition coefficient (Wildman–Crippen LogP) is 3.74. The second-order valence-corrected chi connectivity index (χ2v) is 5.28. The number of hydrogen-bond acceptors (Lipinski definition) is 2. The Hall–Kier alpha value is -1.96. The Balaban J connectivity index is 1.86. The van der Waals surface area contributed by atoms with Crippen LogP contribution in [0.4, 0.5) is 11.4 Å². The van der Waals surface area contributed by atoms with Crippen molar-refractivity contribution in [2.45, 2.75) is 20.4 Å². The highest BCUT2D eigenvalue weighted by Gasteiger charge is 2.15. The lowest BCUT2D eigenvalue weighted by Crippen LogP contribution is -2.33. The smallest absolute Gasteiger partial charge is 0.0605 e. The van der Waals surface area contributed by atoms with E-state index in [1.807, 2.05) is 0 Å². The molecule has 98 valence electrons. The molecular weight excluding hydrogens is 232 g/mol.